The highest BCUT2D eigenvalue weighted by molar-refractivity contribution is 5.97. The van der Waals surface area contributed by atoms with E-state index in [0.717, 1.165) is 29.8 Å². The van der Waals surface area contributed by atoms with Gasteiger partial charge in [0.15, 0.2) is 5.78 Å². The number of carbonyl (C=O) groups is 1. The average molecular weight is 203 g/mol. The fraction of sp³-hybridized carbons (Fsp3) is 0.538. The lowest BCUT2D eigenvalue weighted by Crippen LogP contribution is -2.19. The first kappa shape index (κ1) is 10.3. The van der Waals surface area contributed by atoms with Gasteiger partial charge in [0.25, 0.3) is 0 Å². The van der Waals surface area contributed by atoms with E-state index in [1.165, 1.54) is 0 Å². The smallest absolute Gasteiger partial charge is 0.164 e. The topological polar surface area (TPSA) is 30.0 Å². The Kier molecular flexibility index (Phi) is 2.37. The van der Waals surface area contributed by atoms with E-state index >= 15 is 0 Å². The lowest BCUT2D eigenvalue weighted by molar-refractivity contribution is 0.0971. The van der Waals surface area contributed by atoms with E-state index in [-0.39, 0.29) is 11.2 Å². The summed E-state index contributed by atoms with van der Waals surface area (Å²) in [5.74, 6) is 0.254. The third-order valence-corrected chi connectivity index (χ3v) is 2.86. The lowest BCUT2D eigenvalue weighted by Gasteiger charge is -2.21. The third kappa shape index (κ3) is 1.94. The van der Waals surface area contributed by atoms with Gasteiger partial charge >= 0.3 is 0 Å². The third-order valence-electron chi connectivity index (χ3n) is 2.86. The molecule has 1 aromatic heterocycles. The van der Waals surface area contributed by atoms with E-state index in [1.54, 1.807) is 0 Å². The zero-order valence-electron chi connectivity index (χ0n) is 9.63. The molecule has 2 nitrogen and oxygen atoms in total. The van der Waals surface area contributed by atoms with Gasteiger partial charge in [-0.2, -0.15) is 0 Å². The van der Waals surface area contributed by atoms with Crippen molar-refractivity contribution in [2.24, 2.45) is 0 Å². The van der Waals surface area contributed by atoms with Crippen molar-refractivity contribution in [1.82, 2.24) is 4.98 Å². The molecule has 1 aromatic rings. The normalized spacial score (nSPS) is 16.3. The van der Waals surface area contributed by atoms with Gasteiger partial charge in [0.05, 0.1) is 5.69 Å². The highest BCUT2D eigenvalue weighted by atomic mass is 16.1. The molecule has 0 unspecified atom stereocenters. The molecule has 1 heterocycles. The van der Waals surface area contributed by atoms with Crippen LogP contribution in [-0.4, -0.2) is 10.8 Å². The Morgan fingerprint density at radius 1 is 1.20 bits per heavy atom. The molecule has 0 saturated heterocycles. The first-order valence-corrected chi connectivity index (χ1v) is 5.52. The maximum absolute atomic E-state index is 11.6. The number of rotatable bonds is 0. The molecule has 15 heavy (non-hydrogen) atoms. The zero-order valence-corrected chi connectivity index (χ0v) is 9.63. The molecule has 0 atom stereocenters. The first-order valence-electron chi connectivity index (χ1n) is 5.52. The molecule has 0 aromatic carbocycles. The number of carbonyl (C=O) groups excluding carboxylic acids is 1. The van der Waals surface area contributed by atoms with Crippen molar-refractivity contribution in [1.29, 1.82) is 0 Å². The molecule has 2 heteroatoms. The summed E-state index contributed by atoms with van der Waals surface area (Å²) in [5.41, 5.74) is 2.99. The minimum absolute atomic E-state index is 0.0650. The van der Waals surface area contributed by atoms with Crippen molar-refractivity contribution in [3.05, 3.63) is 29.1 Å². The summed E-state index contributed by atoms with van der Waals surface area (Å²) in [5, 5.41) is 0. The molecule has 0 aliphatic heterocycles. The molecule has 0 fully saturated rings. The van der Waals surface area contributed by atoms with E-state index in [9.17, 15) is 4.79 Å². The van der Waals surface area contributed by atoms with Gasteiger partial charge in [-0.1, -0.05) is 20.8 Å². The molecular formula is C13H17NO. The Bertz CT molecular complexity index is 401. The SMILES string of the molecule is CC(C)(C)c1ccc2c(n1)CCCC2=O. The number of fused-ring (bicyclic) bond motifs is 1. The summed E-state index contributed by atoms with van der Waals surface area (Å²) >= 11 is 0. The van der Waals surface area contributed by atoms with Gasteiger partial charge in [0.1, 0.15) is 0 Å². The second kappa shape index (κ2) is 3.44. The fourth-order valence-corrected chi connectivity index (χ4v) is 1.91. The number of hydrogen-bond acceptors (Lipinski definition) is 2. The molecule has 0 amide bonds. The molecule has 0 bridgehead atoms. The Hall–Kier alpha value is -1.18. The quantitative estimate of drug-likeness (QED) is 0.649. The highest BCUT2D eigenvalue weighted by Crippen LogP contribution is 2.25. The molecule has 0 radical (unpaired) electrons. The van der Waals surface area contributed by atoms with E-state index in [2.05, 4.69) is 25.8 Å². The predicted octanol–water partition coefficient (Wildman–Crippen LogP) is 2.90. The van der Waals surface area contributed by atoms with Gasteiger partial charge < -0.3 is 0 Å². The summed E-state index contributed by atoms with van der Waals surface area (Å²) in [6.45, 7) is 6.44. The summed E-state index contributed by atoms with van der Waals surface area (Å²) in [4.78, 5) is 16.2. The summed E-state index contributed by atoms with van der Waals surface area (Å²) in [6, 6.07) is 3.94. The van der Waals surface area contributed by atoms with Crippen LogP contribution in [0.15, 0.2) is 12.1 Å². The number of aromatic nitrogens is 1. The molecule has 1 aliphatic rings. The maximum Gasteiger partial charge on any atom is 0.164 e. The van der Waals surface area contributed by atoms with Crippen LogP contribution in [-0.2, 0) is 11.8 Å². The monoisotopic (exact) mass is 203 g/mol. The van der Waals surface area contributed by atoms with Crippen LogP contribution in [0.4, 0.5) is 0 Å². The number of ketones is 1. The molecule has 0 saturated carbocycles. The Morgan fingerprint density at radius 3 is 2.60 bits per heavy atom. The molecular weight excluding hydrogens is 186 g/mol. The van der Waals surface area contributed by atoms with Crippen molar-refractivity contribution < 1.29 is 4.79 Å². The van der Waals surface area contributed by atoms with Crippen LogP contribution >= 0.6 is 0 Å². The van der Waals surface area contributed by atoms with Gasteiger partial charge in [-0.3, -0.25) is 9.78 Å². The van der Waals surface area contributed by atoms with Gasteiger partial charge in [-0.15, -0.1) is 0 Å². The second-order valence-electron chi connectivity index (χ2n) is 5.22. The molecule has 80 valence electrons. The largest absolute Gasteiger partial charge is 0.294 e. The van der Waals surface area contributed by atoms with E-state index in [1.807, 2.05) is 12.1 Å². The van der Waals surface area contributed by atoms with Crippen molar-refractivity contribution in [3.63, 3.8) is 0 Å². The Morgan fingerprint density at radius 2 is 1.93 bits per heavy atom. The number of aryl methyl sites for hydroxylation is 1. The van der Waals surface area contributed by atoms with Crippen LogP contribution in [0, 0.1) is 0 Å². The van der Waals surface area contributed by atoms with E-state index in [0.29, 0.717) is 6.42 Å². The van der Waals surface area contributed by atoms with Crippen LogP contribution in [0.25, 0.3) is 0 Å². The van der Waals surface area contributed by atoms with Crippen LogP contribution in [0.2, 0.25) is 0 Å². The van der Waals surface area contributed by atoms with Crippen LogP contribution < -0.4 is 0 Å². The summed E-state index contributed by atoms with van der Waals surface area (Å²) in [7, 11) is 0. The zero-order chi connectivity index (χ0) is 11.1. The fourth-order valence-electron chi connectivity index (χ4n) is 1.91. The van der Waals surface area contributed by atoms with Crippen molar-refractivity contribution >= 4 is 5.78 Å². The van der Waals surface area contributed by atoms with Crippen molar-refractivity contribution in [3.8, 4) is 0 Å². The summed E-state index contributed by atoms with van der Waals surface area (Å²) < 4.78 is 0. The number of pyridine rings is 1. The van der Waals surface area contributed by atoms with Crippen LogP contribution in [0.5, 0.6) is 0 Å². The minimum atomic E-state index is 0.0650. The van der Waals surface area contributed by atoms with E-state index < -0.39 is 0 Å². The molecule has 0 N–H and O–H groups in total. The van der Waals surface area contributed by atoms with Gasteiger partial charge in [0.2, 0.25) is 0 Å². The number of hydrogen-bond donors (Lipinski definition) is 0. The maximum atomic E-state index is 11.6. The second-order valence-corrected chi connectivity index (χ2v) is 5.22. The first-order chi connectivity index (χ1) is 6.98. The van der Waals surface area contributed by atoms with Crippen molar-refractivity contribution in [2.45, 2.75) is 45.4 Å². The molecule has 1 aliphatic carbocycles. The average Bonchev–Trinajstić information content (AvgIpc) is 2.16. The number of Topliss-reactive ketones (excluding diaryl/α,β-unsaturated/α-hetero) is 1. The lowest BCUT2D eigenvalue weighted by atomic mass is 9.88. The Balaban J connectivity index is 2.46. The molecule has 2 rings (SSSR count). The van der Waals surface area contributed by atoms with E-state index in [4.69, 9.17) is 0 Å². The predicted molar refractivity (Wildman–Crippen MR) is 60.2 cm³/mol. The van der Waals surface area contributed by atoms with Gasteiger partial charge in [-0.05, 0) is 25.0 Å². The standard InChI is InChI=1S/C13H17NO/c1-13(2,3)12-8-7-9-10(14-12)5-4-6-11(9)15/h7-8H,4-6H2,1-3H3. The van der Waals surface area contributed by atoms with Crippen molar-refractivity contribution in [2.75, 3.05) is 0 Å². The molecule has 0 spiro atoms. The van der Waals surface area contributed by atoms with Gasteiger partial charge in [-0.25, -0.2) is 0 Å². The Labute approximate surface area is 90.7 Å². The highest BCUT2D eigenvalue weighted by Gasteiger charge is 2.22. The summed E-state index contributed by atoms with van der Waals surface area (Å²) in [6.07, 6.45) is 2.58. The number of nitrogens with zero attached hydrogens (tertiary/aromatic N) is 1. The van der Waals surface area contributed by atoms with Crippen LogP contribution in [0.3, 0.4) is 0 Å². The van der Waals surface area contributed by atoms with Crippen LogP contribution in [0.1, 0.15) is 55.4 Å². The minimum Gasteiger partial charge on any atom is -0.294 e. The van der Waals surface area contributed by atoms with Gasteiger partial charge in [0, 0.05) is 23.1 Å².